The molecule has 0 aromatic heterocycles. The average Bonchev–Trinajstić information content (AvgIpc) is 2.71. The molecule has 1 amide bonds. The van der Waals surface area contributed by atoms with Gasteiger partial charge in [-0.05, 0) is 30.3 Å². The summed E-state index contributed by atoms with van der Waals surface area (Å²) in [5, 5.41) is 3.88. The molecule has 1 heterocycles. The smallest absolute Gasteiger partial charge is 0.251 e. The fourth-order valence-electron chi connectivity index (χ4n) is 3.42. The van der Waals surface area contributed by atoms with E-state index in [9.17, 15) is 4.79 Å². The van der Waals surface area contributed by atoms with Crippen LogP contribution in [-0.2, 0) is 4.74 Å². The van der Waals surface area contributed by atoms with Gasteiger partial charge in [-0.15, -0.1) is 0 Å². The third-order valence-electron chi connectivity index (χ3n) is 5.09. The van der Waals surface area contributed by atoms with Crippen molar-refractivity contribution in [1.29, 1.82) is 0 Å². The molecule has 1 fully saturated rings. The number of carbonyl (C=O) groups is 1. The molecular formula is C21H26Cl2N3O2+. The van der Waals surface area contributed by atoms with Gasteiger partial charge in [0, 0.05) is 30.9 Å². The number of halogens is 2. The fourth-order valence-corrected chi connectivity index (χ4v) is 3.72. The number of hydrogen-bond acceptors (Lipinski definition) is 3. The standard InChI is InChI=1S/C21H25Cl2N3O2/c1-25(2)17-6-3-15(4-7-17)20(26-9-11-28-12-10-26)14-24-21(27)16-5-8-18(22)19(23)13-16/h3-8,13,20H,9-12,14H2,1-2H3,(H,24,27)/p+1/t20-/m0/s1. The van der Waals surface area contributed by atoms with Crippen LogP contribution in [0.5, 0.6) is 0 Å². The number of anilines is 1. The third-order valence-corrected chi connectivity index (χ3v) is 5.83. The predicted octanol–water partition coefficient (Wildman–Crippen LogP) is 2.45. The molecular weight excluding hydrogens is 397 g/mol. The van der Waals surface area contributed by atoms with E-state index < -0.39 is 0 Å². The van der Waals surface area contributed by atoms with Gasteiger partial charge in [-0.25, -0.2) is 0 Å². The molecule has 0 bridgehead atoms. The molecule has 1 aliphatic heterocycles. The summed E-state index contributed by atoms with van der Waals surface area (Å²) < 4.78 is 5.51. The van der Waals surface area contributed by atoms with Gasteiger partial charge in [0.15, 0.2) is 0 Å². The number of nitrogens with zero attached hydrogens (tertiary/aromatic N) is 1. The highest BCUT2D eigenvalue weighted by Crippen LogP contribution is 2.22. The molecule has 5 nitrogen and oxygen atoms in total. The van der Waals surface area contributed by atoms with Crippen LogP contribution in [0, 0.1) is 0 Å². The van der Waals surface area contributed by atoms with E-state index >= 15 is 0 Å². The molecule has 7 heteroatoms. The van der Waals surface area contributed by atoms with Crippen LogP contribution in [0.4, 0.5) is 5.69 Å². The van der Waals surface area contributed by atoms with Crippen LogP contribution in [0.3, 0.4) is 0 Å². The first-order chi connectivity index (χ1) is 13.5. The fraction of sp³-hybridized carbons (Fsp3) is 0.381. The molecule has 28 heavy (non-hydrogen) atoms. The zero-order valence-corrected chi connectivity index (χ0v) is 17.7. The Balaban J connectivity index is 1.75. The lowest BCUT2D eigenvalue weighted by atomic mass is 10.0. The Bertz CT molecular complexity index is 806. The Morgan fingerprint density at radius 2 is 1.79 bits per heavy atom. The molecule has 1 aliphatic rings. The molecule has 0 radical (unpaired) electrons. The Labute approximate surface area is 176 Å². The second-order valence-corrected chi connectivity index (χ2v) is 7.96. The van der Waals surface area contributed by atoms with Crippen molar-refractivity contribution in [2.24, 2.45) is 0 Å². The Morgan fingerprint density at radius 3 is 2.39 bits per heavy atom. The summed E-state index contributed by atoms with van der Waals surface area (Å²) in [6.07, 6.45) is 0. The van der Waals surface area contributed by atoms with Crippen LogP contribution >= 0.6 is 23.2 Å². The number of amides is 1. The van der Waals surface area contributed by atoms with Gasteiger partial charge in [-0.3, -0.25) is 4.79 Å². The van der Waals surface area contributed by atoms with Gasteiger partial charge in [0.1, 0.15) is 19.1 Å². The number of carbonyl (C=O) groups excluding carboxylic acids is 1. The Hall–Kier alpha value is -1.79. The minimum atomic E-state index is -0.152. The molecule has 0 aliphatic carbocycles. The molecule has 0 saturated carbocycles. The van der Waals surface area contributed by atoms with Gasteiger partial charge in [0.05, 0.1) is 29.8 Å². The van der Waals surface area contributed by atoms with E-state index in [1.165, 1.54) is 10.5 Å². The van der Waals surface area contributed by atoms with Gasteiger partial charge in [-0.2, -0.15) is 0 Å². The van der Waals surface area contributed by atoms with Crippen molar-refractivity contribution >= 4 is 34.8 Å². The van der Waals surface area contributed by atoms with Crippen LogP contribution in [0.15, 0.2) is 42.5 Å². The first kappa shape index (κ1) is 20.9. The highest BCUT2D eigenvalue weighted by atomic mass is 35.5. The van der Waals surface area contributed by atoms with E-state index in [2.05, 4.69) is 34.5 Å². The number of benzene rings is 2. The summed E-state index contributed by atoms with van der Waals surface area (Å²) in [4.78, 5) is 16.1. The summed E-state index contributed by atoms with van der Waals surface area (Å²) in [7, 11) is 4.05. The Morgan fingerprint density at radius 1 is 1.11 bits per heavy atom. The van der Waals surface area contributed by atoms with Crippen LogP contribution in [0.1, 0.15) is 22.0 Å². The zero-order chi connectivity index (χ0) is 20.1. The second-order valence-electron chi connectivity index (χ2n) is 7.15. The average molecular weight is 423 g/mol. The monoisotopic (exact) mass is 422 g/mol. The zero-order valence-electron chi connectivity index (χ0n) is 16.2. The molecule has 0 spiro atoms. The van der Waals surface area contributed by atoms with Crippen LogP contribution in [0.2, 0.25) is 10.0 Å². The summed E-state index contributed by atoms with van der Waals surface area (Å²) in [6.45, 7) is 3.85. The van der Waals surface area contributed by atoms with Crippen molar-refractivity contribution in [2.75, 3.05) is 51.8 Å². The second kappa shape index (κ2) is 9.61. The van der Waals surface area contributed by atoms with E-state index in [0.717, 1.165) is 32.0 Å². The molecule has 2 N–H and O–H groups in total. The summed E-state index contributed by atoms with van der Waals surface area (Å²) >= 11 is 12.0. The maximum Gasteiger partial charge on any atom is 0.251 e. The van der Waals surface area contributed by atoms with E-state index in [1.54, 1.807) is 18.2 Å². The van der Waals surface area contributed by atoms with Crippen LogP contribution < -0.4 is 15.1 Å². The van der Waals surface area contributed by atoms with Gasteiger partial charge in [-0.1, -0.05) is 35.3 Å². The van der Waals surface area contributed by atoms with Crippen molar-refractivity contribution in [3.05, 3.63) is 63.6 Å². The molecule has 150 valence electrons. The lowest BCUT2D eigenvalue weighted by molar-refractivity contribution is -0.937. The third kappa shape index (κ3) is 5.17. The predicted molar refractivity (Wildman–Crippen MR) is 114 cm³/mol. The largest absolute Gasteiger partial charge is 0.378 e. The lowest BCUT2D eigenvalue weighted by Gasteiger charge is -2.32. The van der Waals surface area contributed by atoms with Crippen LogP contribution in [-0.4, -0.2) is 52.9 Å². The van der Waals surface area contributed by atoms with Crippen molar-refractivity contribution in [2.45, 2.75) is 6.04 Å². The molecule has 3 rings (SSSR count). The maximum atomic E-state index is 12.6. The number of quaternary nitrogens is 1. The maximum absolute atomic E-state index is 12.6. The number of morpholine rings is 1. The summed E-state index contributed by atoms with van der Waals surface area (Å²) in [5.41, 5.74) is 2.87. The van der Waals surface area contributed by atoms with Gasteiger partial charge >= 0.3 is 0 Å². The number of hydrogen-bond donors (Lipinski definition) is 2. The normalized spacial score (nSPS) is 15.9. The lowest BCUT2D eigenvalue weighted by Crippen LogP contribution is -3.15. The quantitative estimate of drug-likeness (QED) is 0.751. The van der Waals surface area contributed by atoms with Gasteiger partial charge < -0.3 is 19.9 Å². The topological polar surface area (TPSA) is 46.0 Å². The first-order valence-electron chi connectivity index (χ1n) is 9.38. The van der Waals surface area contributed by atoms with E-state index in [0.29, 0.717) is 22.2 Å². The van der Waals surface area contributed by atoms with Gasteiger partial charge in [0.2, 0.25) is 0 Å². The van der Waals surface area contributed by atoms with E-state index in [1.807, 2.05) is 14.1 Å². The number of nitrogens with one attached hydrogen (secondary N) is 2. The van der Waals surface area contributed by atoms with Crippen molar-refractivity contribution in [3.8, 4) is 0 Å². The van der Waals surface area contributed by atoms with Gasteiger partial charge in [0.25, 0.3) is 5.91 Å². The van der Waals surface area contributed by atoms with Crippen molar-refractivity contribution in [3.63, 3.8) is 0 Å². The summed E-state index contributed by atoms with van der Waals surface area (Å²) in [6, 6.07) is 13.6. The molecule has 1 atom stereocenters. The molecule has 1 saturated heterocycles. The van der Waals surface area contributed by atoms with Crippen LogP contribution in [0.25, 0.3) is 0 Å². The molecule has 2 aromatic carbocycles. The minimum Gasteiger partial charge on any atom is -0.378 e. The molecule has 0 unspecified atom stereocenters. The number of rotatable bonds is 6. The molecule has 2 aromatic rings. The first-order valence-corrected chi connectivity index (χ1v) is 10.1. The Kier molecular flexibility index (Phi) is 7.18. The number of ether oxygens (including phenoxy) is 1. The van der Waals surface area contributed by atoms with E-state index in [4.69, 9.17) is 27.9 Å². The highest BCUT2D eigenvalue weighted by Gasteiger charge is 2.27. The van der Waals surface area contributed by atoms with E-state index in [-0.39, 0.29) is 11.9 Å². The van der Waals surface area contributed by atoms with Crippen molar-refractivity contribution < 1.29 is 14.4 Å². The minimum absolute atomic E-state index is 0.152. The highest BCUT2D eigenvalue weighted by molar-refractivity contribution is 6.42. The van der Waals surface area contributed by atoms with Crippen molar-refractivity contribution in [1.82, 2.24) is 5.32 Å². The summed E-state index contributed by atoms with van der Waals surface area (Å²) in [5.74, 6) is -0.152. The SMILES string of the molecule is CN(C)c1ccc([C@H](CNC(=O)c2ccc(Cl)c(Cl)c2)[NH+]2CCOCC2)cc1.